The number of fused-ring (bicyclic) bond motifs is 2. The highest BCUT2D eigenvalue weighted by Gasteiger charge is 2.12. The van der Waals surface area contributed by atoms with E-state index in [1.165, 1.54) is 0 Å². The van der Waals surface area contributed by atoms with E-state index < -0.39 is 0 Å². The normalized spacial score (nSPS) is 13.3. The highest BCUT2D eigenvalue weighted by Crippen LogP contribution is 2.30. The molecule has 2 heterocycles. The molecule has 126 valence electrons. The third-order valence-corrected chi connectivity index (χ3v) is 4.13. The van der Waals surface area contributed by atoms with Crippen molar-refractivity contribution in [3.8, 4) is 11.5 Å². The molecule has 0 aliphatic carbocycles. The monoisotopic (exact) mass is 334 g/mol. The minimum atomic E-state index is -0.113. The van der Waals surface area contributed by atoms with Gasteiger partial charge in [-0.1, -0.05) is 12.1 Å². The van der Waals surface area contributed by atoms with E-state index in [-0.39, 0.29) is 5.91 Å². The first-order valence-electron chi connectivity index (χ1n) is 8.31. The Hall–Kier alpha value is -3.08. The van der Waals surface area contributed by atoms with Crippen LogP contribution in [0, 0.1) is 0 Å². The fourth-order valence-electron chi connectivity index (χ4n) is 2.82. The zero-order valence-electron chi connectivity index (χ0n) is 13.7. The zero-order valence-corrected chi connectivity index (χ0v) is 13.7. The molecule has 0 unspecified atom stereocenters. The van der Waals surface area contributed by atoms with Crippen LogP contribution in [0.2, 0.25) is 0 Å². The van der Waals surface area contributed by atoms with Gasteiger partial charge in [0.15, 0.2) is 11.5 Å². The SMILES string of the molecule is O=C(NCc1ccc2c(c1)OCCCO2)c1ccc2ncccc2c1. The maximum absolute atomic E-state index is 12.4. The van der Waals surface area contributed by atoms with Crippen LogP contribution in [0.4, 0.5) is 0 Å². The molecule has 0 saturated carbocycles. The zero-order chi connectivity index (χ0) is 17.1. The van der Waals surface area contributed by atoms with E-state index in [2.05, 4.69) is 10.3 Å². The molecule has 3 aromatic rings. The number of carbonyl (C=O) groups excluding carboxylic acids is 1. The largest absolute Gasteiger partial charge is 0.490 e. The van der Waals surface area contributed by atoms with E-state index >= 15 is 0 Å². The fourth-order valence-corrected chi connectivity index (χ4v) is 2.82. The lowest BCUT2D eigenvalue weighted by molar-refractivity contribution is 0.0951. The van der Waals surface area contributed by atoms with Gasteiger partial charge >= 0.3 is 0 Å². The third-order valence-electron chi connectivity index (χ3n) is 4.13. The average Bonchev–Trinajstić information content (AvgIpc) is 2.90. The summed E-state index contributed by atoms with van der Waals surface area (Å²) in [5, 5.41) is 3.90. The van der Waals surface area contributed by atoms with Crippen molar-refractivity contribution in [2.24, 2.45) is 0 Å². The van der Waals surface area contributed by atoms with Gasteiger partial charge in [0, 0.05) is 30.1 Å². The van der Waals surface area contributed by atoms with E-state index in [1.54, 1.807) is 12.3 Å². The van der Waals surface area contributed by atoms with Gasteiger partial charge < -0.3 is 14.8 Å². The van der Waals surface area contributed by atoms with Gasteiger partial charge in [-0.15, -0.1) is 0 Å². The van der Waals surface area contributed by atoms with Crippen LogP contribution >= 0.6 is 0 Å². The van der Waals surface area contributed by atoms with Gasteiger partial charge in [0.05, 0.1) is 18.7 Å². The fraction of sp³-hybridized carbons (Fsp3) is 0.200. The molecule has 0 fully saturated rings. The van der Waals surface area contributed by atoms with E-state index in [0.717, 1.165) is 34.4 Å². The van der Waals surface area contributed by atoms with Crippen molar-refractivity contribution < 1.29 is 14.3 Å². The Kier molecular flexibility index (Phi) is 4.21. The van der Waals surface area contributed by atoms with E-state index in [0.29, 0.717) is 25.3 Å². The van der Waals surface area contributed by atoms with Gasteiger partial charge in [-0.25, -0.2) is 0 Å². The molecule has 0 atom stereocenters. The van der Waals surface area contributed by atoms with Crippen LogP contribution in [0.25, 0.3) is 10.9 Å². The Labute approximate surface area is 145 Å². The van der Waals surface area contributed by atoms with E-state index in [4.69, 9.17) is 9.47 Å². The first kappa shape index (κ1) is 15.4. The predicted octanol–water partition coefficient (Wildman–Crippen LogP) is 3.33. The summed E-state index contributed by atoms with van der Waals surface area (Å²) < 4.78 is 11.3. The topological polar surface area (TPSA) is 60.5 Å². The predicted molar refractivity (Wildman–Crippen MR) is 95.0 cm³/mol. The molecular weight excluding hydrogens is 316 g/mol. The first-order valence-corrected chi connectivity index (χ1v) is 8.31. The second-order valence-corrected chi connectivity index (χ2v) is 5.93. The first-order chi connectivity index (χ1) is 12.3. The molecule has 0 saturated heterocycles. The van der Waals surface area contributed by atoms with Crippen LogP contribution in [-0.2, 0) is 6.54 Å². The molecule has 1 aromatic heterocycles. The molecule has 5 heteroatoms. The van der Waals surface area contributed by atoms with Gasteiger partial charge in [0.25, 0.3) is 5.91 Å². The molecule has 0 bridgehead atoms. The number of amides is 1. The smallest absolute Gasteiger partial charge is 0.251 e. The lowest BCUT2D eigenvalue weighted by Crippen LogP contribution is -2.22. The maximum Gasteiger partial charge on any atom is 0.251 e. The van der Waals surface area contributed by atoms with E-state index in [1.807, 2.05) is 42.5 Å². The van der Waals surface area contributed by atoms with Gasteiger partial charge in [-0.3, -0.25) is 9.78 Å². The second-order valence-electron chi connectivity index (χ2n) is 5.93. The number of rotatable bonds is 3. The van der Waals surface area contributed by atoms with Crippen LogP contribution in [0.3, 0.4) is 0 Å². The summed E-state index contributed by atoms with van der Waals surface area (Å²) in [5.74, 6) is 1.38. The Morgan fingerprint density at radius 3 is 2.84 bits per heavy atom. The number of nitrogens with zero attached hydrogens (tertiary/aromatic N) is 1. The number of aromatic nitrogens is 1. The molecule has 4 rings (SSSR count). The number of hydrogen-bond donors (Lipinski definition) is 1. The summed E-state index contributed by atoms with van der Waals surface area (Å²) in [6, 6.07) is 15.1. The molecule has 1 aliphatic heterocycles. The summed E-state index contributed by atoms with van der Waals surface area (Å²) in [6.07, 6.45) is 2.61. The van der Waals surface area contributed by atoms with Crippen molar-refractivity contribution in [2.45, 2.75) is 13.0 Å². The Morgan fingerprint density at radius 1 is 1.04 bits per heavy atom. The van der Waals surface area contributed by atoms with Gasteiger partial charge in [0.2, 0.25) is 0 Å². The van der Waals surface area contributed by atoms with Crippen LogP contribution < -0.4 is 14.8 Å². The molecule has 25 heavy (non-hydrogen) atoms. The Balaban J connectivity index is 1.46. The second kappa shape index (κ2) is 6.81. The Bertz CT molecular complexity index is 924. The van der Waals surface area contributed by atoms with E-state index in [9.17, 15) is 4.79 Å². The van der Waals surface area contributed by atoms with Crippen LogP contribution in [0.1, 0.15) is 22.3 Å². The quantitative estimate of drug-likeness (QED) is 0.798. The van der Waals surface area contributed by atoms with Crippen molar-refractivity contribution in [3.63, 3.8) is 0 Å². The maximum atomic E-state index is 12.4. The summed E-state index contributed by atoms with van der Waals surface area (Å²) in [7, 11) is 0. The molecule has 1 aliphatic rings. The number of pyridine rings is 1. The van der Waals surface area contributed by atoms with Gasteiger partial charge in [0.1, 0.15) is 0 Å². The summed E-state index contributed by atoms with van der Waals surface area (Å²) >= 11 is 0. The van der Waals surface area contributed by atoms with Crippen molar-refractivity contribution in [1.29, 1.82) is 0 Å². The number of ether oxygens (including phenoxy) is 2. The van der Waals surface area contributed by atoms with Crippen LogP contribution in [0.5, 0.6) is 11.5 Å². The molecule has 0 spiro atoms. The molecule has 1 N–H and O–H groups in total. The lowest BCUT2D eigenvalue weighted by atomic mass is 10.1. The molecule has 2 aromatic carbocycles. The molecule has 0 radical (unpaired) electrons. The van der Waals surface area contributed by atoms with Crippen LogP contribution in [-0.4, -0.2) is 24.1 Å². The molecular formula is C20H18N2O3. The van der Waals surface area contributed by atoms with Crippen molar-refractivity contribution in [1.82, 2.24) is 10.3 Å². The van der Waals surface area contributed by atoms with Gasteiger partial charge in [-0.2, -0.15) is 0 Å². The molecule has 1 amide bonds. The van der Waals surface area contributed by atoms with Crippen molar-refractivity contribution in [3.05, 3.63) is 65.9 Å². The lowest BCUT2D eigenvalue weighted by Gasteiger charge is -2.10. The van der Waals surface area contributed by atoms with Crippen LogP contribution in [0.15, 0.2) is 54.7 Å². The number of benzene rings is 2. The minimum absolute atomic E-state index is 0.113. The summed E-state index contributed by atoms with van der Waals surface area (Å²) in [5.41, 5.74) is 2.47. The highest BCUT2D eigenvalue weighted by molar-refractivity contribution is 5.97. The minimum Gasteiger partial charge on any atom is -0.490 e. The number of carbonyl (C=O) groups is 1. The van der Waals surface area contributed by atoms with Crippen molar-refractivity contribution >= 4 is 16.8 Å². The number of hydrogen-bond acceptors (Lipinski definition) is 4. The highest BCUT2D eigenvalue weighted by atomic mass is 16.5. The average molecular weight is 334 g/mol. The summed E-state index contributed by atoms with van der Waals surface area (Å²) in [4.78, 5) is 16.7. The van der Waals surface area contributed by atoms with Gasteiger partial charge in [-0.05, 0) is 42.0 Å². The number of nitrogens with one attached hydrogen (secondary N) is 1. The Morgan fingerprint density at radius 2 is 1.92 bits per heavy atom. The van der Waals surface area contributed by atoms with Crippen molar-refractivity contribution in [2.75, 3.05) is 13.2 Å². The third kappa shape index (κ3) is 3.40. The summed E-state index contributed by atoms with van der Waals surface area (Å²) in [6.45, 7) is 1.74. The standard InChI is InChI=1S/C20H18N2O3/c23-20(16-5-6-17-15(12-16)3-1-8-21-17)22-13-14-4-7-18-19(11-14)25-10-2-9-24-18/h1,3-8,11-12H,2,9-10,13H2,(H,22,23). The molecule has 5 nitrogen and oxygen atoms in total.